The van der Waals surface area contributed by atoms with Gasteiger partial charge in [0.15, 0.2) is 5.82 Å². The predicted octanol–water partition coefficient (Wildman–Crippen LogP) is 2.82. The SMILES string of the molecule is COc1cc(Cl)c(F)c(C(F)F)n1. The van der Waals surface area contributed by atoms with Crippen molar-refractivity contribution in [2.45, 2.75) is 6.43 Å². The first-order valence-electron chi connectivity index (χ1n) is 3.24. The fraction of sp³-hybridized carbons (Fsp3) is 0.286. The van der Waals surface area contributed by atoms with Crippen LogP contribution in [0.4, 0.5) is 13.2 Å². The zero-order chi connectivity index (χ0) is 10.0. The molecule has 0 spiro atoms. The second-order valence-corrected chi connectivity index (χ2v) is 2.55. The summed E-state index contributed by atoms with van der Waals surface area (Å²) in [6.07, 6.45) is -3.01. The Kier molecular flexibility index (Phi) is 2.98. The quantitative estimate of drug-likeness (QED) is 0.751. The van der Waals surface area contributed by atoms with Crippen molar-refractivity contribution in [1.29, 1.82) is 0 Å². The number of hydrogen-bond donors (Lipinski definition) is 0. The lowest BCUT2D eigenvalue weighted by atomic mass is 10.3. The van der Waals surface area contributed by atoms with Crippen LogP contribution in [0.1, 0.15) is 12.1 Å². The van der Waals surface area contributed by atoms with Gasteiger partial charge in [-0.3, -0.25) is 0 Å². The molecule has 1 rings (SSSR count). The van der Waals surface area contributed by atoms with Crippen molar-refractivity contribution < 1.29 is 17.9 Å². The Bertz CT molecular complexity index is 319. The number of pyridine rings is 1. The van der Waals surface area contributed by atoms with Gasteiger partial charge in [-0.1, -0.05) is 11.6 Å². The smallest absolute Gasteiger partial charge is 0.283 e. The van der Waals surface area contributed by atoms with Gasteiger partial charge in [-0.05, 0) is 0 Å². The minimum atomic E-state index is -3.01. The normalized spacial score (nSPS) is 10.6. The van der Waals surface area contributed by atoms with Gasteiger partial charge in [0, 0.05) is 6.07 Å². The van der Waals surface area contributed by atoms with E-state index in [-0.39, 0.29) is 5.88 Å². The van der Waals surface area contributed by atoms with E-state index in [1.54, 1.807) is 0 Å². The van der Waals surface area contributed by atoms with Gasteiger partial charge in [-0.2, -0.15) is 0 Å². The summed E-state index contributed by atoms with van der Waals surface area (Å²) < 4.78 is 41.6. The third kappa shape index (κ3) is 2.03. The van der Waals surface area contributed by atoms with Gasteiger partial charge < -0.3 is 4.74 Å². The van der Waals surface area contributed by atoms with E-state index in [0.717, 1.165) is 6.07 Å². The highest BCUT2D eigenvalue weighted by Gasteiger charge is 2.19. The molecule has 1 aromatic heterocycles. The van der Waals surface area contributed by atoms with Crippen molar-refractivity contribution in [3.8, 4) is 5.88 Å². The van der Waals surface area contributed by atoms with E-state index >= 15 is 0 Å². The number of nitrogens with zero attached hydrogens (tertiary/aromatic N) is 1. The maximum atomic E-state index is 12.8. The summed E-state index contributed by atoms with van der Waals surface area (Å²) in [5.41, 5.74) is -0.996. The van der Waals surface area contributed by atoms with E-state index in [4.69, 9.17) is 11.6 Å². The number of methoxy groups -OCH3 is 1. The average Bonchev–Trinajstić information content (AvgIpc) is 2.09. The molecule has 0 aliphatic carbocycles. The average molecular weight is 212 g/mol. The van der Waals surface area contributed by atoms with Crippen molar-refractivity contribution in [3.05, 3.63) is 22.6 Å². The van der Waals surface area contributed by atoms with E-state index in [1.165, 1.54) is 7.11 Å². The molecule has 0 aliphatic rings. The van der Waals surface area contributed by atoms with Crippen LogP contribution in [0.5, 0.6) is 5.88 Å². The summed E-state index contributed by atoms with van der Waals surface area (Å²) in [5, 5.41) is -0.429. The lowest BCUT2D eigenvalue weighted by molar-refractivity contribution is 0.139. The van der Waals surface area contributed by atoms with Gasteiger partial charge in [0.2, 0.25) is 5.88 Å². The van der Waals surface area contributed by atoms with Gasteiger partial charge in [0.05, 0.1) is 12.1 Å². The van der Waals surface area contributed by atoms with Crippen LogP contribution < -0.4 is 4.74 Å². The molecular weight excluding hydrogens is 207 g/mol. The highest BCUT2D eigenvalue weighted by atomic mass is 35.5. The van der Waals surface area contributed by atoms with E-state index in [0.29, 0.717) is 0 Å². The van der Waals surface area contributed by atoms with E-state index in [2.05, 4.69) is 9.72 Å². The fourth-order valence-electron chi connectivity index (χ4n) is 0.743. The summed E-state index contributed by atoms with van der Waals surface area (Å²) >= 11 is 5.31. The molecule has 0 aromatic carbocycles. The zero-order valence-electron chi connectivity index (χ0n) is 6.52. The van der Waals surface area contributed by atoms with Crippen LogP contribution in [0.3, 0.4) is 0 Å². The summed E-state index contributed by atoms with van der Waals surface area (Å²) in [4.78, 5) is 3.22. The van der Waals surface area contributed by atoms with Crippen molar-refractivity contribution in [2.24, 2.45) is 0 Å². The molecule has 0 N–H and O–H groups in total. The van der Waals surface area contributed by atoms with Gasteiger partial charge in [0.1, 0.15) is 5.69 Å². The summed E-state index contributed by atoms with van der Waals surface area (Å²) in [6, 6.07) is 1.03. The molecule has 0 aliphatic heterocycles. The maximum Gasteiger partial charge on any atom is 0.283 e. The van der Waals surface area contributed by atoms with Crippen LogP contribution in [0.15, 0.2) is 6.07 Å². The molecule has 13 heavy (non-hydrogen) atoms. The molecular formula is C7H5ClF3NO. The molecule has 0 saturated carbocycles. The minimum absolute atomic E-state index is 0.137. The Morgan fingerprint density at radius 1 is 1.54 bits per heavy atom. The van der Waals surface area contributed by atoms with Gasteiger partial charge in [-0.15, -0.1) is 0 Å². The van der Waals surface area contributed by atoms with Gasteiger partial charge in [-0.25, -0.2) is 18.2 Å². The molecule has 0 radical (unpaired) electrons. The lowest BCUT2D eigenvalue weighted by Crippen LogP contribution is -1.99. The van der Waals surface area contributed by atoms with Crippen LogP contribution >= 0.6 is 11.6 Å². The third-order valence-electron chi connectivity index (χ3n) is 1.33. The van der Waals surface area contributed by atoms with Crippen molar-refractivity contribution >= 4 is 11.6 Å². The second-order valence-electron chi connectivity index (χ2n) is 2.15. The number of aromatic nitrogens is 1. The number of ether oxygens (including phenoxy) is 1. The van der Waals surface area contributed by atoms with Crippen LogP contribution in [0, 0.1) is 5.82 Å². The van der Waals surface area contributed by atoms with E-state index in [9.17, 15) is 13.2 Å². The Labute approximate surface area is 77.3 Å². The van der Waals surface area contributed by atoms with Gasteiger partial charge in [0.25, 0.3) is 6.43 Å². The summed E-state index contributed by atoms with van der Waals surface area (Å²) in [6.45, 7) is 0. The molecule has 6 heteroatoms. The molecule has 2 nitrogen and oxygen atoms in total. The molecule has 72 valence electrons. The molecule has 1 aromatic rings. The van der Waals surface area contributed by atoms with E-state index < -0.39 is 23.0 Å². The number of rotatable bonds is 2. The molecule has 0 saturated heterocycles. The predicted molar refractivity (Wildman–Crippen MR) is 40.7 cm³/mol. The monoisotopic (exact) mass is 211 g/mol. The summed E-state index contributed by atoms with van der Waals surface area (Å²) in [5.74, 6) is -1.35. The molecule has 1 heterocycles. The fourth-order valence-corrected chi connectivity index (χ4v) is 0.933. The van der Waals surface area contributed by atoms with Crippen molar-refractivity contribution in [2.75, 3.05) is 7.11 Å². The first-order chi connectivity index (χ1) is 6.06. The third-order valence-corrected chi connectivity index (χ3v) is 1.61. The molecule has 0 amide bonds. The zero-order valence-corrected chi connectivity index (χ0v) is 7.28. The Balaban J connectivity index is 3.25. The minimum Gasteiger partial charge on any atom is -0.481 e. The second kappa shape index (κ2) is 3.83. The Morgan fingerprint density at radius 3 is 2.62 bits per heavy atom. The molecule has 0 atom stereocenters. The number of hydrogen-bond acceptors (Lipinski definition) is 2. The van der Waals surface area contributed by atoms with Crippen LogP contribution in [-0.4, -0.2) is 12.1 Å². The van der Waals surface area contributed by atoms with Crippen molar-refractivity contribution in [3.63, 3.8) is 0 Å². The Hall–Kier alpha value is -0.970. The topological polar surface area (TPSA) is 22.1 Å². The first-order valence-corrected chi connectivity index (χ1v) is 3.62. The molecule has 0 fully saturated rings. The van der Waals surface area contributed by atoms with E-state index in [1.807, 2.05) is 0 Å². The summed E-state index contributed by atoms with van der Waals surface area (Å²) in [7, 11) is 1.23. The Morgan fingerprint density at radius 2 is 2.15 bits per heavy atom. The lowest BCUT2D eigenvalue weighted by Gasteiger charge is -2.05. The van der Waals surface area contributed by atoms with Gasteiger partial charge >= 0.3 is 0 Å². The standard InChI is InChI=1S/C7H5ClF3NO/c1-13-4-2-3(8)5(9)6(12-4)7(10)11/h2,7H,1H3. The molecule has 0 bridgehead atoms. The first kappa shape index (κ1) is 10.1. The van der Waals surface area contributed by atoms with Crippen LogP contribution in [0.25, 0.3) is 0 Å². The van der Waals surface area contributed by atoms with Crippen LogP contribution in [-0.2, 0) is 0 Å². The number of halogens is 4. The molecule has 0 unspecified atom stereocenters. The highest BCUT2D eigenvalue weighted by Crippen LogP contribution is 2.28. The highest BCUT2D eigenvalue weighted by molar-refractivity contribution is 6.30. The largest absolute Gasteiger partial charge is 0.481 e. The number of alkyl halides is 2. The maximum absolute atomic E-state index is 12.8. The van der Waals surface area contributed by atoms with Crippen molar-refractivity contribution in [1.82, 2.24) is 4.98 Å². The van der Waals surface area contributed by atoms with Crippen LogP contribution in [0.2, 0.25) is 5.02 Å².